The Morgan fingerprint density at radius 3 is 2.60 bits per heavy atom. The number of urea groups is 1. The minimum Gasteiger partial charge on any atom is -0.480 e. The number of nitrogens with one attached hydrogen (secondary N) is 2. The molecule has 1 aromatic heterocycles. The van der Waals surface area contributed by atoms with Crippen LogP contribution in [0.5, 0.6) is 0 Å². The molecular weight excluding hydrogens is 280 g/mol. The second-order valence-corrected chi connectivity index (χ2v) is 5.95. The van der Waals surface area contributed by atoms with Gasteiger partial charge in [0.1, 0.15) is 0 Å². The van der Waals surface area contributed by atoms with Gasteiger partial charge in [-0.05, 0) is 26.0 Å². The van der Waals surface area contributed by atoms with Crippen LogP contribution >= 0.6 is 11.3 Å². The van der Waals surface area contributed by atoms with Crippen molar-refractivity contribution in [3.05, 3.63) is 21.9 Å². The standard InChI is InChI=1S/C13H20N2O4S/c1-8(6-10-5-4-9(2)20-10)14-13(18)15-11(7-19-3)12(16)17/h4-5,8,11H,6-7H2,1-3H3,(H,16,17)(H2,14,15,18). The zero-order chi connectivity index (χ0) is 15.1. The van der Waals surface area contributed by atoms with Crippen molar-refractivity contribution in [3.8, 4) is 0 Å². The molecule has 0 aliphatic rings. The van der Waals surface area contributed by atoms with Crippen molar-refractivity contribution in [2.45, 2.75) is 32.4 Å². The van der Waals surface area contributed by atoms with E-state index in [2.05, 4.69) is 10.6 Å². The van der Waals surface area contributed by atoms with E-state index in [1.54, 1.807) is 11.3 Å². The van der Waals surface area contributed by atoms with Crippen molar-refractivity contribution in [2.24, 2.45) is 0 Å². The highest BCUT2D eigenvalue weighted by atomic mass is 32.1. The Balaban J connectivity index is 2.42. The molecule has 0 aliphatic heterocycles. The largest absolute Gasteiger partial charge is 0.480 e. The van der Waals surface area contributed by atoms with Gasteiger partial charge in [0.25, 0.3) is 0 Å². The van der Waals surface area contributed by atoms with Crippen LogP contribution in [0.25, 0.3) is 0 Å². The van der Waals surface area contributed by atoms with Crippen molar-refractivity contribution in [2.75, 3.05) is 13.7 Å². The molecule has 0 fully saturated rings. The molecule has 0 radical (unpaired) electrons. The topological polar surface area (TPSA) is 87.7 Å². The third-order valence-corrected chi connectivity index (χ3v) is 3.64. The summed E-state index contributed by atoms with van der Waals surface area (Å²) in [6.07, 6.45) is 0.716. The van der Waals surface area contributed by atoms with E-state index in [4.69, 9.17) is 9.84 Å². The van der Waals surface area contributed by atoms with E-state index in [0.29, 0.717) is 6.42 Å². The molecular formula is C13H20N2O4S. The van der Waals surface area contributed by atoms with Crippen LogP contribution < -0.4 is 10.6 Å². The molecule has 0 bridgehead atoms. The Hall–Kier alpha value is -1.60. The maximum Gasteiger partial charge on any atom is 0.328 e. The highest BCUT2D eigenvalue weighted by Gasteiger charge is 2.20. The molecule has 6 nitrogen and oxygen atoms in total. The number of aliphatic carboxylic acids is 1. The molecule has 1 rings (SSSR count). The Morgan fingerprint density at radius 2 is 2.10 bits per heavy atom. The second kappa shape index (κ2) is 7.86. The third kappa shape index (κ3) is 5.58. The van der Waals surface area contributed by atoms with Crippen LogP contribution in [0.2, 0.25) is 0 Å². The number of amides is 2. The molecule has 2 amide bonds. The van der Waals surface area contributed by atoms with E-state index in [9.17, 15) is 9.59 Å². The summed E-state index contributed by atoms with van der Waals surface area (Å²) in [5.41, 5.74) is 0. The first-order chi connectivity index (χ1) is 9.42. The molecule has 2 atom stereocenters. The summed E-state index contributed by atoms with van der Waals surface area (Å²) in [5, 5.41) is 14.0. The molecule has 0 aliphatic carbocycles. The number of thiophene rings is 1. The van der Waals surface area contributed by atoms with E-state index >= 15 is 0 Å². The minimum absolute atomic E-state index is 0.0682. The van der Waals surface area contributed by atoms with Gasteiger partial charge in [-0.15, -0.1) is 11.3 Å². The van der Waals surface area contributed by atoms with Crippen LogP contribution in [0.3, 0.4) is 0 Å². The number of methoxy groups -OCH3 is 1. The SMILES string of the molecule is COCC(NC(=O)NC(C)Cc1ccc(C)s1)C(=O)O. The van der Waals surface area contributed by atoms with Gasteiger partial charge in [0.05, 0.1) is 6.61 Å². The maximum absolute atomic E-state index is 11.7. The Kier molecular flexibility index (Phi) is 6.47. The second-order valence-electron chi connectivity index (χ2n) is 4.58. The van der Waals surface area contributed by atoms with Crippen molar-refractivity contribution in [1.29, 1.82) is 0 Å². The van der Waals surface area contributed by atoms with Crippen molar-refractivity contribution >= 4 is 23.3 Å². The van der Waals surface area contributed by atoms with Crippen molar-refractivity contribution < 1.29 is 19.4 Å². The molecule has 7 heteroatoms. The van der Waals surface area contributed by atoms with Crippen LogP contribution in [0, 0.1) is 6.92 Å². The van der Waals surface area contributed by atoms with Gasteiger partial charge in [-0.1, -0.05) is 0 Å². The molecule has 112 valence electrons. The average Bonchev–Trinajstić information content (AvgIpc) is 2.73. The van der Waals surface area contributed by atoms with Gasteiger partial charge >= 0.3 is 12.0 Å². The molecule has 0 aromatic carbocycles. The Bertz CT molecular complexity index is 461. The lowest BCUT2D eigenvalue weighted by molar-refractivity contribution is -0.140. The fraction of sp³-hybridized carbons (Fsp3) is 0.538. The van der Waals surface area contributed by atoms with Crippen molar-refractivity contribution in [3.63, 3.8) is 0 Å². The number of hydrogen-bond donors (Lipinski definition) is 3. The van der Waals surface area contributed by atoms with Crippen LogP contribution in [-0.2, 0) is 16.0 Å². The van der Waals surface area contributed by atoms with Gasteiger partial charge in [0.2, 0.25) is 0 Å². The van der Waals surface area contributed by atoms with Crippen LogP contribution in [0.1, 0.15) is 16.7 Å². The summed E-state index contributed by atoms with van der Waals surface area (Å²) in [5.74, 6) is -1.12. The van der Waals surface area contributed by atoms with Crippen LogP contribution in [-0.4, -0.2) is 42.9 Å². The van der Waals surface area contributed by atoms with Gasteiger partial charge < -0.3 is 20.5 Å². The monoisotopic (exact) mass is 300 g/mol. The maximum atomic E-state index is 11.7. The number of rotatable bonds is 7. The molecule has 2 unspecified atom stereocenters. The molecule has 1 aromatic rings. The quantitative estimate of drug-likeness (QED) is 0.710. The third-order valence-electron chi connectivity index (χ3n) is 2.62. The molecule has 3 N–H and O–H groups in total. The number of ether oxygens (including phenoxy) is 1. The lowest BCUT2D eigenvalue weighted by Crippen LogP contribution is -2.50. The van der Waals surface area contributed by atoms with E-state index < -0.39 is 18.0 Å². The smallest absolute Gasteiger partial charge is 0.328 e. The highest BCUT2D eigenvalue weighted by molar-refractivity contribution is 7.11. The number of carbonyl (C=O) groups excluding carboxylic acids is 1. The van der Waals surface area contributed by atoms with Crippen LogP contribution in [0.15, 0.2) is 12.1 Å². The number of carbonyl (C=O) groups is 2. The lowest BCUT2D eigenvalue weighted by atomic mass is 10.2. The first-order valence-corrected chi connectivity index (χ1v) is 7.08. The fourth-order valence-electron chi connectivity index (χ4n) is 1.71. The van der Waals surface area contributed by atoms with E-state index in [0.717, 1.165) is 0 Å². The molecule has 0 saturated carbocycles. The normalized spacial score (nSPS) is 13.6. The zero-order valence-corrected chi connectivity index (χ0v) is 12.6. The number of hydrogen-bond acceptors (Lipinski definition) is 4. The van der Waals surface area contributed by atoms with Gasteiger partial charge in [0.15, 0.2) is 6.04 Å². The summed E-state index contributed by atoms with van der Waals surface area (Å²) in [6, 6.07) is 2.43. The average molecular weight is 300 g/mol. The van der Waals surface area contributed by atoms with Crippen molar-refractivity contribution in [1.82, 2.24) is 10.6 Å². The van der Waals surface area contributed by atoms with Gasteiger partial charge in [0, 0.05) is 29.3 Å². The molecule has 20 heavy (non-hydrogen) atoms. The van der Waals surface area contributed by atoms with E-state index in [-0.39, 0.29) is 12.6 Å². The minimum atomic E-state index is -1.12. The number of aryl methyl sites for hydroxylation is 1. The van der Waals surface area contributed by atoms with E-state index in [1.165, 1.54) is 16.9 Å². The Morgan fingerprint density at radius 1 is 1.40 bits per heavy atom. The van der Waals surface area contributed by atoms with E-state index in [1.807, 2.05) is 26.0 Å². The number of carboxylic acids is 1. The summed E-state index contributed by atoms with van der Waals surface area (Å²) in [7, 11) is 1.39. The highest BCUT2D eigenvalue weighted by Crippen LogP contribution is 2.16. The predicted molar refractivity (Wildman–Crippen MR) is 77.2 cm³/mol. The number of carboxylic acid groups (broad SMARTS) is 1. The fourth-order valence-corrected chi connectivity index (χ4v) is 2.73. The first-order valence-electron chi connectivity index (χ1n) is 6.26. The summed E-state index contributed by atoms with van der Waals surface area (Å²) < 4.78 is 4.75. The molecule has 0 spiro atoms. The summed E-state index contributed by atoms with van der Waals surface area (Å²) >= 11 is 1.68. The lowest BCUT2D eigenvalue weighted by Gasteiger charge is -2.17. The summed E-state index contributed by atoms with van der Waals surface area (Å²) in [6.45, 7) is 3.84. The first kappa shape index (κ1) is 16.5. The van der Waals surface area contributed by atoms with Crippen LogP contribution in [0.4, 0.5) is 4.79 Å². The van der Waals surface area contributed by atoms with Gasteiger partial charge in [-0.25, -0.2) is 9.59 Å². The predicted octanol–water partition coefficient (Wildman–Crippen LogP) is 1.39. The Labute approximate surface area is 122 Å². The molecule has 0 saturated heterocycles. The van der Waals surface area contributed by atoms with Gasteiger partial charge in [-0.3, -0.25) is 0 Å². The zero-order valence-electron chi connectivity index (χ0n) is 11.8. The molecule has 1 heterocycles. The summed E-state index contributed by atoms with van der Waals surface area (Å²) in [4.78, 5) is 25.0. The van der Waals surface area contributed by atoms with Gasteiger partial charge in [-0.2, -0.15) is 0 Å².